The van der Waals surface area contributed by atoms with Gasteiger partial charge in [-0.1, -0.05) is 30.3 Å². The van der Waals surface area contributed by atoms with Crippen LogP contribution in [0.1, 0.15) is 39.2 Å². The average Bonchev–Trinajstić information content (AvgIpc) is 2.64. The van der Waals surface area contributed by atoms with Gasteiger partial charge in [0.1, 0.15) is 0 Å². The van der Waals surface area contributed by atoms with E-state index in [1.807, 2.05) is 0 Å². The first kappa shape index (κ1) is 20.7. The average molecular weight is 360 g/mol. The first-order valence-corrected chi connectivity index (χ1v) is 10.1. The SMILES string of the molecule is CCNC(=NCCN(C)C(C)C)NC1CCN(Cc2ccccc2)CC1. The molecule has 1 fully saturated rings. The van der Waals surface area contributed by atoms with Gasteiger partial charge in [-0.3, -0.25) is 9.89 Å². The molecule has 26 heavy (non-hydrogen) atoms. The molecule has 2 rings (SSSR count). The van der Waals surface area contributed by atoms with E-state index in [0.29, 0.717) is 12.1 Å². The molecule has 146 valence electrons. The zero-order valence-electron chi connectivity index (χ0n) is 17.0. The van der Waals surface area contributed by atoms with Crippen LogP contribution in [0.5, 0.6) is 0 Å². The second kappa shape index (κ2) is 11.2. The van der Waals surface area contributed by atoms with Crippen LogP contribution < -0.4 is 10.6 Å². The molecule has 0 bridgehead atoms. The fourth-order valence-corrected chi connectivity index (χ4v) is 3.17. The summed E-state index contributed by atoms with van der Waals surface area (Å²) in [5.41, 5.74) is 1.41. The highest BCUT2D eigenvalue weighted by atomic mass is 15.2. The van der Waals surface area contributed by atoms with E-state index in [1.54, 1.807) is 0 Å². The summed E-state index contributed by atoms with van der Waals surface area (Å²) < 4.78 is 0. The predicted molar refractivity (Wildman–Crippen MR) is 112 cm³/mol. The number of nitrogens with one attached hydrogen (secondary N) is 2. The number of nitrogens with zero attached hydrogens (tertiary/aromatic N) is 3. The molecule has 0 spiro atoms. The molecule has 0 saturated carbocycles. The largest absolute Gasteiger partial charge is 0.357 e. The maximum Gasteiger partial charge on any atom is 0.191 e. The van der Waals surface area contributed by atoms with Gasteiger partial charge in [0.25, 0.3) is 0 Å². The molecule has 0 aliphatic carbocycles. The first-order valence-electron chi connectivity index (χ1n) is 10.1. The van der Waals surface area contributed by atoms with Crippen LogP contribution in [0.4, 0.5) is 0 Å². The Hall–Kier alpha value is -1.59. The third-order valence-electron chi connectivity index (χ3n) is 5.13. The zero-order valence-corrected chi connectivity index (χ0v) is 17.0. The second-order valence-corrected chi connectivity index (χ2v) is 7.52. The fraction of sp³-hybridized carbons (Fsp3) is 0.667. The maximum absolute atomic E-state index is 4.76. The number of benzene rings is 1. The van der Waals surface area contributed by atoms with Crippen LogP contribution in [0.3, 0.4) is 0 Å². The molecule has 0 radical (unpaired) electrons. The van der Waals surface area contributed by atoms with Crippen LogP contribution >= 0.6 is 0 Å². The molecule has 1 aromatic rings. The van der Waals surface area contributed by atoms with E-state index in [2.05, 4.69) is 78.6 Å². The minimum Gasteiger partial charge on any atom is -0.357 e. The van der Waals surface area contributed by atoms with Crippen molar-refractivity contribution in [1.29, 1.82) is 0 Å². The highest BCUT2D eigenvalue weighted by molar-refractivity contribution is 5.80. The standard InChI is InChI=1S/C21H37N5/c1-5-22-21(23-13-16-25(4)18(2)3)24-20-11-14-26(15-12-20)17-19-9-7-6-8-10-19/h6-10,18,20H,5,11-17H2,1-4H3,(H2,22,23,24). The van der Waals surface area contributed by atoms with Crippen molar-refractivity contribution in [3.05, 3.63) is 35.9 Å². The molecule has 5 heteroatoms. The summed E-state index contributed by atoms with van der Waals surface area (Å²) in [6, 6.07) is 11.8. The molecule has 1 aliphatic rings. The molecule has 2 N–H and O–H groups in total. The number of rotatable bonds is 8. The van der Waals surface area contributed by atoms with Crippen LogP contribution in [-0.4, -0.2) is 67.6 Å². The van der Waals surface area contributed by atoms with Gasteiger partial charge in [-0.2, -0.15) is 0 Å². The second-order valence-electron chi connectivity index (χ2n) is 7.52. The third-order valence-corrected chi connectivity index (χ3v) is 5.13. The van der Waals surface area contributed by atoms with Crippen LogP contribution in [0.25, 0.3) is 0 Å². The molecular formula is C21H37N5. The first-order chi connectivity index (χ1) is 12.6. The molecule has 1 aliphatic heterocycles. The van der Waals surface area contributed by atoms with E-state index < -0.39 is 0 Å². The van der Waals surface area contributed by atoms with E-state index >= 15 is 0 Å². The molecule has 1 heterocycles. The van der Waals surface area contributed by atoms with Gasteiger partial charge in [0.05, 0.1) is 6.54 Å². The number of piperidine rings is 1. The van der Waals surface area contributed by atoms with Crippen molar-refractivity contribution < 1.29 is 0 Å². The summed E-state index contributed by atoms with van der Waals surface area (Å²) in [5.74, 6) is 0.964. The van der Waals surface area contributed by atoms with Crippen molar-refractivity contribution >= 4 is 5.96 Å². The Morgan fingerprint density at radius 2 is 1.92 bits per heavy atom. The van der Waals surface area contributed by atoms with E-state index in [0.717, 1.165) is 45.2 Å². The van der Waals surface area contributed by atoms with Gasteiger partial charge in [-0.25, -0.2) is 0 Å². The van der Waals surface area contributed by atoms with Crippen LogP contribution in [0.2, 0.25) is 0 Å². The monoisotopic (exact) mass is 359 g/mol. The Bertz CT molecular complexity index is 520. The Morgan fingerprint density at radius 3 is 2.54 bits per heavy atom. The van der Waals surface area contributed by atoms with Crippen molar-refractivity contribution in [2.75, 3.05) is 39.8 Å². The van der Waals surface area contributed by atoms with Gasteiger partial charge in [-0.05, 0) is 46.2 Å². The van der Waals surface area contributed by atoms with Crippen LogP contribution in [0, 0.1) is 0 Å². The lowest BCUT2D eigenvalue weighted by molar-refractivity contribution is 0.198. The highest BCUT2D eigenvalue weighted by Gasteiger charge is 2.20. The normalized spacial score (nSPS) is 17.1. The number of likely N-dealkylation sites (tertiary alicyclic amines) is 1. The van der Waals surface area contributed by atoms with Gasteiger partial charge in [0, 0.05) is 44.8 Å². The fourth-order valence-electron chi connectivity index (χ4n) is 3.17. The molecule has 0 amide bonds. The van der Waals surface area contributed by atoms with E-state index in [4.69, 9.17) is 4.99 Å². The summed E-state index contributed by atoms with van der Waals surface area (Å²) in [4.78, 5) is 9.64. The number of hydrogen-bond acceptors (Lipinski definition) is 3. The summed E-state index contributed by atoms with van der Waals surface area (Å²) in [6.07, 6.45) is 2.34. The van der Waals surface area contributed by atoms with Gasteiger partial charge in [0.15, 0.2) is 5.96 Å². The molecule has 1 saturated heterocycles. The number of guanidine groups is 1. The lowest BCUT2D eigenvalue weighted by Gasteiger charge is -2.33. The van der Waals surface area contributed by atoms with Crippen molar-refractivity contribution in [2.45, 2.75) is 52.2 Å². The zero-order chi connectivity index (χ0) is 18.8. The van der Waals surface area contributed by atoms with E-state index in [1.165, 1.54) is 18.4 Å². The molecule has 0 aromatic heterocycles. The summed E-state index contributed by atoms with van der Waals surface area (Å²) in [5, 5.41) is 7.03. The summed E-state index contributed by atoms with van der Waals surface area (Å²) in [6.45, 7) is 12.6. The topological polar surface area (TPSA) is 42.9 Å². The molecule has 1 aromatic carbocycles. The lowest BCUT2D eigenvalue weighted by atomic mass is 10.0. The smallest absolute Gasteiger partial charge is 0.191 e. The number of hydrogen-bond donors (Lipinski definition) is 2. The molecular weight excluding hydrogens is 322 g/mol. The van der Waals surface area contributed by atoms with Crippen LogP contribution in [-0.2, 0) is 6.54 Å². The minimum atomic E-state index is 0.516. The van der Waals surface area contributed by atoms with Crippen molar-refractivity contribution in [3.63, 3.8) is 0 Å². The quantitative estimate of drug-likeness (QED) is 0.553. The minimum absolute atomic E-state index is 0.516. The van der Waals surface area contributed by atoms with Crippen LogP contribution in [0.15, 0.2) is 35.3 Å². The maximum atomic E-state index is 4.76. The Kier molecular flexibility index (Phi) is 8.92. The Morgan fingerprint density at radius 1 is 1.23 bits per heavy atom. The Balaban J connectivity index is 1.75. The lowest BCUT2D eigenvalue weighted by Crippen LogP contribution is -2.48. The van der Waals surface area contributed by atoms with Gasteiger partial charge >= 0.3 is 0 Å². The van der Waals surface area contributed by atoms with Gasteiger partial charge < -0.3 is 15.5 Å². The number of aliphatic imine (C=N–C) groups is 1. The molecule has 0 unspecified atom stereocenters. The van der Waals surface area contributed by atoms with Crippen molar-refractivity contribution in [3.8, 4) is 0 Å². The van der Waals surface area contributed by atoms with Gasteiger partial charge in [-0.15, -0.1) is 0 Å². The Labute approximate surface area is 159 Å². The van der Waals surface area contributed by atoms with Gasteiger partial charge in [0.2, 0.25) is 0 Å². The van der Waals surface area contributed by atoms with E-state index in [9.17, 15) is 0 Å². The molecule has 5 nitrogen and oxygen atoms in total. The van der Waals surface area contributed by atoms with Crippen molar-refractivity contribution in [2.24, 2.45) is 4.99 Å². The van der Waals surface area contributed by atoms with E-state index in [-0.39, 0.29) is 0 Å². The predicted octanol–water partition coefficient (Wildman–Crippen LogP) is 2.55. The third kappa shape index (κ3) is 7.34. The number of likely N-dealkylation sites (N-methyl/N-ethyl adjacent to an activating group) is 1. The van der Waals surface area contributed by atoms with Crippen molar-refractivity contribution in [1.82, 2.24) is 20.4 Å². The summed E-state index contributed by atoms with van der Waals surface area (Å²) >= 11 is 0. The highest BCUT2D eigenvalue weighted by Crippen LogP contribution is 2.13. The molecule has 0 atom stereocenters. The summed E-state index contributed by atoms with van der Waals surface area (Å²) in [7, 11) is 2.16.